The highest BCUT2D eigenvalue weighted by molar-refractivity contribution is 5.96. The van der Waals surface area contributed by atoms with Crippen molar-refractivity contribution in [2.45, 2.75) is 71.6 Å². The molecule has 1 aromatic rings. The predicted octanol–water partition coefficient (Wildman–Crippen LogP) is 2.66. The second-order valence-electron chi connectivity index (χ2n) is 7.35. The van der Waals surface area contributed by atoms with Crippen LogP contribution in [-0.4, -0.2) is 54.0 Å². The van der Waals surface area contributed by atoms with Crippen LogP contribution in [0.5, 0.6) is 5.75 Å². The van der Waals surface area contributed by atoms with Gasteiger partial charge in [0, 0.05) is 38.4 Å². The maximum atomic E-state index is 12.1. The molecule has 1 heterocycles. The van der Waals surface area contributed by atoms with Crippen LogP contribution >= 0.6 is 0 Å². The van der Waals surface area contributed by atoms with Crippen LogP contribution in [0.3, 0.4) is 0 Å². The lowest BCUT2D eigenvalue weighted by Gasteiger charge is -2.43. The van der Waals surface area contributed by atoms with Gasteiger partial charge in [0.15, 0.2) is 5.78 Å². The fourth-order valence-electron chi connectivity index (χ4n) is 3.52. The van der Waals surface area contributed by atoms with Gasteiger partial charge in [-0.1, -0.05) is 13.8 Å². The Balaban J connectivity index is 2.21. The Bertz CT molecular complexity index is 729. The van der Waals surface area contributed by atoms with Crippen molar-refractivity contribution in [3.63, 3.8) is 0 Å². The van der Waals surface area contributed by atoms with Gasteiger partial charge in [-0.15, -0.1) is 0 Å². The summed E-state index contributed by atoms with van der Waals surface area (Å²) >= 11 is 0. The van der Waals surface area contributed by atoms with Gasteiger partial charge in [0.1, 0.15) is 11.9 Å². The molecule has 0 saturated carbocycles. The smallest absolute Gasteiger partial charge is 0.303 e. The Morgan fingerprint density at radius 2 is 1.63 bits per heavy atom. The summed E-state index contributed by atoms with van der Waals surface area (Å²) in [4.78, 5) is 35.4. The Hall–Kier alpha value is -2.45. The molecule has 30 heavy (non-hydrogen) atoms. The minimum absolute atomic E-state index is 0.0377. The lowest BCUT2D eigenvalue weighted by Crippen LogP contribution is -2.58. The maximum Gasteiger partial charge on any atom is 0.303 e. The van der Waals surface area contributed by atoms with Gasteiger partial charge in [-0.05, 0) is 37.1 Å². The van der Waals surface area contributed by atoms with Crippen molar-refractivity contribution >= 4 is 17.7 Å². The Morgan fingerprint density at radius 3 is 2.17 bits per heavy atom. The molecule has 8 heteroatoms. The molecule has 0 amide bonds. The van der Waals surface area contributed by atoms with Crippen LogP contribution in [-0.2, 0) is 23.8 Å². The van der Waals surface area contributed by atoms with Crippen LogP contribution in [0.15, 0.2) is 24.3 Å². The molecular formula is C22H30O8. The van der Waals surface area contributed by atoms with Crippen molar-refractivity contribution in [3.8, 4) is 5.75 Å². The topological polar surface area (TPSA) is 108 Å². The van der Waals surface area contributed by atoms with Crippen molar-refractivity contribution in [2.75, 3.05) is 6.61 Å². The molecule has 1 aliphatic heterocycles. The molecule has 0 unspecified atom stereocenters. The molecule has 0 aliphatic carbocycles. The monoisotopic (exact) mass is 422 g/mol. The number of Topliss-reactive ketones (excluding diaryl/α,β-unsaturated/α-hetero) is 1. The van der Waals surface area contributed by atoms with Crippen LogP contribution in [0.4, 0.5) is 0 Å². The molecule has 5 atom stereocenters. The number of esters is 2. The van der Waals surface area contributed by atoms with E-state index in [0.717, 1.165) is 0 Å². The third kappa shape index (κ3) is 6.27. The Labute approximate surface area is 176 Å². The Kier molecular flexibility index (Phi) is 8.80. The third-order valence-electron chi connectivity index (χ3n) is 5.00. The third-order valence-corrected chi connectivity index (χ3v) is 5.00. The average Bonchev–Trinajstić information content (AvgIpc) is 2.70. The van der Waals surface area contributed by atoms with Crippen LogP contribution < -0.4 is 4.74 Å². The summed E-state index contributed by atoms with van der Waals surface area (Å²) in [6.07, 6.45) is -1.56. The number of carbonyl (C=O) groups is 3. The van der Waals surface area contributed by atoms with E-state index in [2.05, 4.69) is 0 Å². The molecule has 0 aromatic heterocycles. The van der Waals surface area contributed by atoms with Gasteiger partial charge in [-0.2, -0.15) is 0 Å². The van der Waals surface area contributed by atoms with E-state index < -0.39 is 30.4 Å². The zero-order chi connectivity index (χ0) is 22.3. The van der Waals surface area contributed by atoms with Crippen molar-refractivity contribution in [3.05, 3.63) is 29.8 Å². The van der Waals surface area contributed by atoms with Gasteiger partial charge in [0.25, 0.3) is 0 Å². The van der Waals surface area contributed by atoms with Gasteiger partial charge in [-0.25, -0.2) is 0 Å². The van der Waals surface area contributed by atoms with Crippen molar-refractivity contribution < 1.29 is 38.4 Å². The summed E-state index contributed by atoms with van der Waals surface area (Å²) in [5, 5.41) is 8.86. The van der Waals surface area contributed by atoms with Crippen LogP contribution in [0.2, 0.25) is 0 Å². The summed E-state index contributed by atoms with van der Waals surface area (Å²) in [5.74, 6) is -0.875. The van der Waals surface area contributed by atoms with E-state index in [1.807, 2.05) is 13.8 Å². The fourth-order valence-corrected chi connectivity index (χ4v) is 3.52. The van der Waals surface area contributed by atoms with E-state index in [1.54, 1.807) is 24.3 Å². The molecule has 0 spiro atoms. The standard InChI is InChI=1S/C22H30O8/c1-5-19-13(2)20(27-14(3)24)21(28-15(4)25)22(30-19)29-17-10-8-16(9-11-17)18(26)7-6-12-23/h8-11,13,19-23H,5-7,12H2,1-4H3/t13-,19-,20+,21-,22-/m1/s1. The fraction of sp³-hybridized carbons (Fsp3) is 0.591. The van der Waals surface area contributed by atoms with E-state index in [4.69, 9.17) is 24.1 Å². The summed E-state index contributed by atoms with van der Waals surface area (Å²) in [5.41, 5.74) is 0.509. The summed E-state index contributed by atoms with van der Waals surface area (Å²) in [6.45, 7) is 6.36. The lowest BCUT2D eigenvalue weighted by atomic mass is 9.89. The molecule has 1 aliphatic rings. The molecule has 1 N–H and O–H groups in total. The highest BCUT2D eigenvalue weighted by Crippen LogP contribution is 2.33. The quantitative estimate of drug-likeness (QED) is 0.478. The summed E-state index contributed by atoms with van der Waals surface area (Å²) in [7, 11) is 0. The molecule has 2 rings (SSSR count). The highest BCUT2D eigenvalue weighted by Gasteiger charge is 2.48. The van der Waals surface area contributed by atoms with E-state index >= 15 is 0 Å². The first-order valence-corrected chi connectivity index (χ1v) is 10.2. The first-order valence-electron chi connectivity index (χ1n) is 10.2. The Morgan fingerprint density at radius 1 is 1.03 bits per heavy atom. The highest BCUT2D eigenvalue weighted by atomic mass is 16.7. The van der Waals surface area contributed by atoms with Gasteiger partial charge in [-0.3, -0.25) is 14.4 Å². The number of benzene rings is 1. The molecule has 1 saturated heterocycles. The summed E-state index contributed by atoms with van der Waals surface area (Å²) in [6, 6.07) is 6.50. The van der Waals surface area contributed by atoms with Crippen LogP contribution in [0.1, 0.15) is 57.3 Å². The van der Waals surface area contributed by atoms with Gasteiger partial charge in [0.05, 0.1) is 6.10 Å². The lowest BCUT2D eigenvalue weighted by molar-refractivity contribution is -0.266. The normalized spacial score (nSPS) is 26.0. The number of rotatable bonds is 9. The molecule has 166 valence electrons. The number of aliphatic hydroxyl groups excluding tert-OH is 1. The molecular weight excluding hydrogens is 392 g/mol. The summed E-state index contributed by atoms with van der Waals surface area (Å²) < 4.78 is 22.8. The number of hydrogen-bond donors (Lipinski definition) is 1. The van der Waals surface area contributed by atoms with E-state index in [-0.39, 0.29) is 30.8 Å². The number of ketones is 1. The van der Waals surface area contributed by atoms with E-state index in [9.17, 15) is 14.4 Å². The van der Waals surface area contributed by atoms with Crippen LogP contribution in [0.25, 0.3) is 0 Å². The SMILES string of the molecule is CC[C@H]1O[C@@H](Oc2ccc(C(=O)CCCO)cc2)[C@H](OC(C)=O)[C@@H](OC(C)=O)[C@@H]1C. The van der Waals surface area contributed by atoms with Crippen molar-refractivity contribution in [1.29, 1.82) is 0 Å². The minimum Gasteiger partial charge on any atom is -0.461 e. The predicted molar refractivity (Wildman–Crippen MR) is 107 cm³/mol. The maximum absolute atomic E-state index is 12.1. The second kappa shape index (κ2) is 11.1. The molecule has 8 nitrogen and oxygen atoms in total. The molecule has 1 fully saturated rings. The van der Waals surface area contributed by atoms with E-state index in [0.29, 0.717) is 24.2 Å². The largest absolute Gasteiger partial charge is 0.461 e. The minimum atomic E-state index is -0.977. The zero-order valence-corrected chi connectivity index (χ0v) is 17.8. The number of ether oxygens (including phenoxy) is 4. The molecule has 0 radical (unpaired) electrons. The van der Waals surface area contributed by atoms with Gasteiger partial charge in [0.2, 0.25) is 12.4 Å². The van der Waals surface area contributed by atoms with Crippen molar-refractivity contribution in [2.24, 2.45) is 5.92 Å². The van der Waals surface area contributed by atoms with Gasteiger partial charge >= 0.3 is 11.9 Å². The zero-order valence-electron chi connectivity index (χ0n) is 17.8. The molecule has 0 bridgehead atoms. The molecule has 1 aromatic carbocycles. The number of carbonyl (C=O) groups excluding carboxylic acids is 3. The number of hydrogen-bond acceptors (Lipinski definition) is 8. The van der Waals surface area contributed by atoms with E-state index in [1.165, 1.54) is 13.8 Å². The van der Waals surface area contributed by atoms with Crippen LogP contribution in [0, 0.1) is 5.92 Å². The first kappa shape index (κ1) is 23.8. The number of aliphatic hydroxyl groups is 1. The first-order chi connectivity index (χ1) is 14.3. The average molecular weight is 422 g/mol. The van der Waals surface area contributed by atoms with Gasteiger partial charge < -0.3 is 24.1 Å². The second-order valence-corrected chi connectivity index (χ2v) is 7.35. The van der Waals surface area contributed by atoms with Crippen molar-refractivity contribution in [1.82, 2.24) is 0 Å².